The van der Waals surface area contributed by atoms with E-state index in [2.05, 4.69) is 34.9 Å². The van der Waals surface area contributed by atoms with E-state index in [4.69, 9.17) is 4.74 Å². The number of benzene rings is 1. The maximum Gasteiger partial charge on any atom is 0.242 e. The largest absolute Gasteiger partial charge is 0.373 e. The molecule has 0 radical (unpaired) electrons. The highest BCUT2D eigenvalue weighted by molar-refractivity contribution is 5.90. The molecule has 2 atom stereocenters. The zero-order valence-corrected chi connectivity index (χ0v) is 13.3. The molecule has 1 aliphatic carbocycles. The van der Waals surface area contributed by atoms with Crippen LogP contribution in [0.4, 0.5) is 0 Å². The van der Waals surface area contributed by atoms with E-state index < -0.39 is 0 Å². The van der Waals surface area contributed by atoms with Crippen molar-refractivity contribution in [2.75, 3.05) is 13.2 Å². The van der Waals surface area contributed by atoms with Gasteiger partial charge in [0.2, 0.25) is 11.8 Å². The van der Waals surface area contributed by atoms with Gasteiger partial charge in [0.1, 0.15) is 6.04 Å². The van der Waals surface area contributed by atoms with Gasteiger partial charge in [-0.1, -0.05) is 24.3 Å². The van der Waals surface area contributed by atoms with Crippen LogP contribution in [0.5, 0.6) is 0 Å². The van der Waals surface area contributed by atoms with Gasteiger partial charge in [0, 0.05) is 19.6 Å². The molecule has 2 N–H and O–H groups in total. The highest BCUT2D eigenvalue weighted by Crippen LogP contribution is 2.32. The fraction of sp³-hybridized carbons (Fsp3) is 0.556. The van der Waals surface area contributed by atoms with E-state index in [-0.39, 0.29) is 24.0 Å². The number of fused-ring (bicyclic) bond motifs is 1. The van der Waals surface area contributed by atoms with Gasteiger partial charge >= 0.3 is 0 Å². The van der Waals surface area contributed by atoms with Crippen LogP contribution in [0.25, 0.3) is 0 Å². The Kier molecular flexibility index (Phi) is 5.28. The first kappa shape index (κ1) is 16.0. The average Bonchev–Trinajstić information content (AvgIpc) is 3.01. The van der Waals surface area contributed by atoms with Crippen molar-refractivity contribution in [3.05, 3.63) is 35.4 Å². The summed E-state index contributed by atoms with van der Waals surface area (Å²) < 4.78 is 6.01. The summed E-state index contributed by atoms with van der Waals surface area (Å²) in [4.78, 5) is 23.0. The van der Waals surface area contributed by atoms with Crippen LogP contribution < -0.4 is 10.6 Å². The number of carbonyl (C=O) groups excluding carboxylic acids is 2. The summed E-state index contributed by atoms with van der Waals surface area (Å²) in [5.41, 5.74) is 2.71. The molecule has 5 heteroatoms. The SMILES string of the molecule is O=C1CC[C@H](C(=O)NCCCO[C@@H]2CCCc3ccccc32)N1. The van der Waals surface area contributed by atoms with Crippen LogP contribution in [0, 0.1) is 0 Å². The maximum atomic E-state index is 11.9. The summed E-state index contributed by atoms with van der Waals surface area (Å²) in [7, 11) is 0. The summed E-state index contributed by atoms with van der Waals surface area (Å²) in [5, 5.41) is 5.54. The number of rotatable bonds is 6. The molecule has 1 aromatic carbocycles. The number of hydrogen-bond donors (Lipinski definition) is 2. The Morgan fingerprint density at radius 1 is 1.26 bits per heavy atom. The lowest BCUT2D eigenvalue weighted by Gasteiger charge is -2.25. The summed E-state index contributed by atoms with van der Waals surface area (Å²) in [5.74, 6) is -0.122. The van der Waals surface area contributed by atoms with E-state index >= 15 is 0 Å². The molecule has 1 aromatic rings. The molecule has 1 heterocycles. The van der Waals surface area contributed by atoms with Gasteiger partial charge in [0.05, 0.1) is 6.10 Å². The van der Waals surface area contributed by atoms with E-state index in [0.29, 0.717) is 26.0 Å². The van der Waals surface area contributed by atoms with Crippen LogP contribution >= 0.6 is 0 Å². The van der Waals surface area contributed by atoms with Crippen LogP contribution in [0.15, 0.2) is 24.3 Å². The number of carbonyl (C=O) groups is 2. The first-order chi connectivity index (χ1) is 11.2. The molecule has 1 saturated heterocycles. The Morgan fingerprint density at radius 3 is 2.96 bits per heavy atom. The predicted molar refractivity (Wildman–Crippen MR) is 86.9 cm³/mol. The van der Waals surface area contributed by atoms with Crippen molar-refractivity contribution in [1.82, 2.24) is 10.6 Å². The topological polar surface area (TPSA) is 67.4 Å². The monoisotopic (exact) mass is 316 g/mol. The molecular formula is C18H24N2O3. The van der Waals surface area contributed by atoms with E-state index in [1.807, 2.05) is 0 Å². The molecule has 5 nitrogen and oxygen atoms in total. The minimum atomic E-state index is -0.353. The molecule has 3 rings (SSSR count). The molecule has 2 amide bonds. The number of amides is 2. The van der Waals surface area contributed by atoms with Crippen molar-refractivity contribution in [2.45, 2.75) is 50.7 Å². The van der Waals surface area contributed by atoms with Gasteiger partial charge < -0.3 is 15.4 Å². The third-order valence-electron chi connectivity index (χ3n) is 4.57. The summed E-state index contributed by atoms with van der Waals surface area (Å²) in [6.07, 6.45) is 5.38. The van der Waals surface area contributed by atoms with E-state index in [1.165, 1.54) is 17.5 Å². The highest BCUT2D eigenvalue weighted by Gasteiger charge is 2.26. The van der Waals surface area contributed by atoms with Gasteiger partial charge in [-0.05, 0) is 43.2 Å². The number of nitrogens with one attached hydrogen (secondary N) is 2. The van der Waals surface area contributed by atoms with Gasteiger partial charge in [-0.25, -0.2) is 0 Å². The van der Waals surface area contributed by atoms with Crippen molar-refractivity contribution in [2.24, 2.45) is 0 Å². The van der Waals surface area contributed by atoms with Gasteiger partial charge in [0.25, 0.3) is 0 Å². The van der Waals surface area contributed by atoms with E-state index in [1.54, 1.807) is 0 Å². The van der Waals surface area contributed by atoms with Crippen LogP contribution in [0.1, 0.15) is 49.3 Å². The second-order valence-corrected chi connectivity index (χ2v) is 6.25. The summed E-state index contributed by atoms with van der Waals surface area (Å²) in [6.45, 7) is 1.22. The average molecular weight is 316 g/mol. The molecule has 0 bridgehead atoms. The van der Waals surface area contributed by atoms with Crippen molar-refractivity contribution in [3.8, 4) is 0 Å². The first-order valence-electron chi connectivity index (χ1n) is 8.50. The van der Waals surface area contributed by atoms with E-state index in [9.17, 15) is 9.59 Å². The van der Waals surface area contributed by atoms with Crippen LogP contribution in [-0.2, 0) is 20.7 Å². The molecular weight excluding hydrogens is 292 g/mol. The van der Waals surface area contributed by atoms with Crippen molar-refractivity contribution >= 4 is 11.8 Å². The van der Waals surface area contributed by atoms with Crippen molar-refractivity contribution in [3.63, 3.8) is 0 Å². The predicted octanol–water partition coefficient (Wildman–Crippen LogP) is 1.87. The van der Waals surface area contributed by atoms with Crippen LogP contribution in [-0.4, -0.2) is 31.0 Å². The maximum absolute atomic E-state index is 11.9. The minimum absolute atomic E-state index is 0.0375. The third kappa shape index (κ3) is 4.10. The molecule has 124 valence electrons. The summed E-state index contributed by atoms with van der Waals surface area (Å²) >= 11 is 0. The molecule has 0 aromatic heterocycles. The normalized spacial score (nSPS) is 23.2. The molecule has 23 heavy (non-hydrogen) atoms. The van der Waals surface area contributed by atoms with Crippen LogP contribution in [0.2, 0.25) is 0 Å². The second kappa shape index (κ2) is 7.59. The van der Waals surface area contributed by atoms with Crippen LogP contribution in [0.3, 0.4) is 0 Å². The van der Waals surface area contributed by atoms with Crippen molar-refractivity contribution < 1.29 is 14.3 Å². The number of aryl methyl sites for hydroxylation is 1. The van der Waals surface area contributed by atoms with Gasteiger partial charge in [-0.2, -0.15) is 0 Å². The first-order valence-corrected chi connectivity index (χ1v) is 8.50. The molecule has 1 fully saturated rings. The third-order valence-corrected chi connectivity index (χ3v) is 4.57. The van der Waals surface area contributed by atoms with Gasteiger partial charge in [-0.15, -0.1) is 0 Å². The zero-order valence-electron chi connectivity index (χ0n) is 13.3. The lowest BCUT2D eigenvalue weighted by atomic mass is 9.89. The lowest BCUT2D eigenvalue weighted by Crippen LogP contribution is -2.42. The second-order valence-electron chi connectivity index (χ2n) is 6.25. The highest BCUT2D eigenvalue weighted by atomic mass is 16.5. The zero-order chi connectivity index (χ0) is 16.1. The molecule has 0 spiro atoms. The Labute approximate surface area is 136 Å². The standard InChI is InChI=1S/C18H24N2O3/c21-17-10-9-15(20-17)18(22)19-11-4-12-23-16-8-3-6-13-5-1-2-7-14(13)16/h1-2,5,7,15-16H,3-4,6,8-12H2,(H,19,22)(H,20,21)/t15-,16-/m1/s1. The number of hydrogen-bond acceptors (Lipinski definition) is 3. The molecule has 1 aliphatic heterocycles. The Hall–Kier alpha value is -1.88. The minimum Gasteiger partial charge on any atom is -0.373 e. The molecule has 0 unspecified atom stereocenters. The Balaban J connectivity index is 1.36. The Bertz CT molecular complexity index is 573. The fourth-order valence-electron chi connectivity index (χ4n) is 3.33. The fourth-order valence-corrected chi connectivity index (χ4v) is 3.33. The quantitative estimate of drug-likeness (QED) is 0.787. The molecule has 0 saturated carbocycles. The van der Waals surface area contributed by atoms with Crippen molar-refractivity contribution in [1.29, 1.82) is 0 Å². The number of ether oxygens (including phenoxy) is 1. The Morgan fingerprint density at radius 2 is 2.13 bits per heavy atom. The summed E-state index contributed by atoms with van der Waals surface area (Å²) in [6, 6.07) is 8.13. The van der Waals surface area contributed by atoms with Gasteiger partial charge in [-0.3, -0.25) is 9.59 Å². The smallest absolute Gasteiger partial charge is 0.242 e. The molecule has 2 aliphatic rings. The lowest BCUT2D eigenvalue weighted by molar-refractivity contribution is -0.125. The van der Waals surface area contributed by atoms with Gasteiger partial charge in [0.15, 0.2) is 0 Å². The van der Waals surface area contributed by atoms with E-state index in [0.717, 1.165) is 19.3 Å².